The summed E-state index contributed by atoms with van der Waals surface area (Å²) in [6.45, 7) is 4.95. The van der Waals surface area contributed by atoms with Gasteiger partial charge in [0.2, 0.25) is 0 Å². The van der Waals surface area contributed by atoms with E-state index < -0.39 is 5.54 Å². The number of likely N-dealkylation sites (N-methyl/N-ethyl adjacent to an activating group) is 1. The number of hydrogen-bond acceptors (Lipinski definition) is 4. The van der Waals surface area contributed by atoms with Crippen molar-refractivity contribution >= 4 is 0 Å². The van der Waals surface area contributed by atoms with E-state index in [1.54, 1.807) is 0 Å². The summed E-state index contributed by atoms with van der Waals surface area (Å²) in [6.07, 6.45) is 3.59. The summed E-state index contributed by atoms with van der Waals surface area (Å²) >= 11 is 0. The van der Waals surface area contributed by atoms with Crippen LogP contribution < -0.4 is 5.32 Å². The molecule has 1 aliphatic rings. The molecule has 0 heterocycles. The Labute approximate surface area is 106 Å². The summed E-state index contributed by atoms with van der Waals surface area (Å²) in [5, 5.41) is 12.7. The average Bonchev–Trinajstić information content (AvgIpc) is 3.00. The summed E-state index contributed by atoms with van der Waals surface area (Å²) in [5.74, 6) is 0. The molecule has 4 nitrogen and oxygen atoms in total. The van der Waals surface area contributed by atoms with Crippen molar-refractivity contribution in [3.05, 3.63) is 0 Å². The van der Waals surface area contributed by atoms with Crippen molar-refractivity contribution < 1.29 is 0 Å². The Hall–Kier alpha value is -0.630. The second kappa shape index (κ2) is 6.34. The zero-order valence-corrected chi connectivity index (χ0v) is 11.7. The third-order valence-corrected chi connectivity index (χ3v) is 3.08. The third kappa shape index (κ3) is 6.02. The van der Waals surface area contributed by atoms with E-state index in [0.717, 1.165) is 26.1 Å². The Morgan fingerprint density at radius 1 is 1.29 bits per heavy atom. The van der Waals surface area contributed by atoms with E-state index in [1.807, 2.05) is 6.92 Å². The second-order valence-corrected chi connectivity index (χ2v) is 5.76. The van der Waals surface area contributed by atoms with Crippen molar-refractivity contribution in [2.24, 2.45) is 0 Å². The van der Waals surface area contributed by atoms with Crippen molar-refractivity contribution in [1.29, 1.82) is 5.26 Å². The molecule has 1 saturated carbocycles. The van der Waals surface area contributed by atoms with Crippen LogP contribution in [0.1, 0.15) is 26.2 Å². The molecule has 1 unspecified atom stereocenters. The van der Waals surface area contributed by atoms with Crippen LogP contribution in [0.5, 0.6) is 0 Å². The van der Waals surface area contributed by atoms with Gasteiger partial charge in [-0.1, -0.05) is 0 Å². The van der Waals surface area contributed by atoms with Crippen molar-refractivity contribution in [2.75, 3.05) is 40.8 Å². The highest BCUT2D eigenvalue weighted by Gasteiger charge is 2.33. The number of hydrogen-bond donors (Lipinski definition) is 1. The van der Waals surface area contributed by atoms with E-state index in [1.165, 1.54) is 12.8 Å². The highest BCUT2D eigenvalue weighted by atomic mass is 15.2. The van der Waals surface area contributed by atoms with Crippen LogP contribution in [0.15, 0.2) is 0 Å². The first-order chi connectivity index (χ1) is 7.95. The van der Waals surface area contributed by atoms with Gasteiger partial charge in [-0.05, 0) is 60.4 Å². The van der Waals surface area contributed by atoms with E-state index in [2.05, 4.69) is 42.3 Å². The predicted octanol–water partition coefficient (Wildman–Crippen LogP) is 0.904. The Morgan fingerprint density at radius 2 is 1.94 bits per heavy atom. The van der Waals surface area contributed by atoms with Gasteiger partial charge in [0.1, 0.15) is 5.54 Å². The van der Waals surface area contributed by atoms with Gasteiger partial charge in [-0.15, -0.1) is 0 Å². The number of nitrogens with zero attached hydrogens (tertiary/aromatic N) is 3. The highest BCUT2D eigenvalue weighted by Crippen LogP contribution is 2.22. The quantitative estimate of drug-likeness (QED) is 0.682. The van der Waals surface area contributed by atoms with E-state index in [-0.39, 0.29) is 0 Å². The van der Waals surface area contributed by atoms with Crippen LogP contribution >= 0.6 is 0 Å². The Morgan fingerprint density at radius 3 is 2.41 bits per heavy atom. The van der Waals surface area contributed by atoms with E-state index in [9.17, 15) is 5.26 Å². The van der Waals surface area contributed by atoms with Gasteiger partial charge in [0, 0.05) is 12.6 Å². The fourth-order valence-electron chi connectivity index (χ4n) is 2.07. The lowest BCUT2D eigenvalue weighted by molar-refractivity contribution is 0.245. The van der Waals surface area contributed by atoms with E-state index in [0.29, 0.717) is 6.04 Å². The van der Waals surface area contributed by atoms with Gasteiger partial charge in [0.05, 0.1) is 6.07 Å². The van der Waals surface area contributed by atoms with Gasteiger partial charge in [-0.2, -0.15) is 5.26 Å². The van der Waals surface area contributed by atoms with Gasteiger partial charge >= 0.3 is 0 Å². The minimum Gasteiger partial charge on any atom is -0.309 e. The molecule has 0 saturated heterocycles. The topological polar surface area (TPSA) is 42.3 Å². The molecule has 1 N–H and O–H groups in total. The largest absolute Gasteiger partial charge is 0.309 e. The highest BCUT2D eigenvalue weighted by molar-refractivity contribution is 5.08. The molecule has 0 aromatic rings. The third-order valence-electron chi connectivity index (χ3n) is 3.08. The van der Waals surface area contributed by atoms with Crippen LogP contribution in [0.3, 0.4) is 0 Å². The number of nitriles is 1. The minimum atomic E-state index is -0.395. The summed E-state index contributed by atoms with van der Waals surface area (Å²) in [5.41, 5.74) is -0.395. The van der Waals surface area contributed by atoms with Gasteiger partial charge in [0.25, 0.3) is 0 Å². The lowest BCUT2D eigenvalue weighted by Crippen LogP contribution is -2.50. The molecule has 1 fully saturated rings. The van der Waals surface area contributed by atoms with Gasteiger partial charge in [-0.25, -0.2) is 0 Å². The zero-order chi connectivity index (χ0) is 12.9. The molecule has 0 amide bonds. The lowest BCUT2D eigenvalue weighted by Gasteiger charge is -2.29. The fourth-order valence-corrected chi connectivity index (χ4v) is 2.07. The van der Waals surface area contributed by atoms with Crippen LogP contribution in [-0.2, 0) is 0 Å². The molecule has 1 rings (SSSR count). The van der Waals surface area contributed by atoms with Crippen LogP contribution in [0.25, 0.3) is 0 Å². The molecule has 0 bridgehead atoms. The van der Waals surface area contributed by atoms with Crippen molar-refractivity contribution in [2.45, 2.75) is 37.8 Å². The zero-order valence-electron chi connectivity index (χ0n) is 11.7. The van der Waals surface area contributed by atoms with Crippen molar-refractivity contribution in [3.8, 4) is 6.07 Å². The SMILES string of the molecule is CN(C)CCCN(C)CC(C)(C#N)NC1CC1. The standard InChI is InChI=1S/C13H26N4/c1-13(10-14,15-12-6-7-12)11-17(4)9-5-8-16(2)3/h12,15H,5-9,11H2,1-4H3. The Balaban J connectivity index is 2.26. The van der Waals surface area contributed by atoms with E-state index in [4.69, 9.17) is 0 Å². The van der Waals surface area contributed by atoms with E-state index >= 15 is 0 Å². The summed E-state index contributed by atoms with van der Waals surface area (Å²) < 4.78 is 0. The molecule has 1 aliphatic carbocycles. The molecular weight excluding hydrogens is 212 g/mol. The van der Waals surface area contributed by atoms with Crippen LogP contribution in [-0.4, -0.2) is 62.2 Å². The monoisotopic (exact) mass is 238 g/mol. The molecule has 4 heteroatoms. The van der Waals surface area contributed by atoms with Crippen LogP contribution in [0, 0.1) is 11.3 Å². The fraction of sp³-hybridized carbons (Fsp3) is 0.923. The molecule has 98 valence electrons. The van der Waals surface area contributed by atoms with Crippen LogP contribution in [0.4, 0.5) is 0 Å². The molecule has 0 radical (unpaired) electrons. The maximum atomic E-state index is 9.28. The first-order valence-electron chi connectivity index (χ1n) is 6.47. The lowest BCUT2D eigenvalue weighted by atomic mass is 10.0. The van der Waals surface area contributed by atoms with Gasteiger partial charge in [0.15, 0.2) is 0 Å². The van der Waals surface area contributed by atoms with Crippen LogP contribution in [0.2, 0.25) is 0 Å². The molecule has 1 atom stereocenters. The van der Waals surface area contributed by atoms with Crippen molar-refractivity contribution in [3.63, 3.8) is 0 Å². The molecular formula is C13H26N4. The minimum absolute atomic E-state index is 0.395. The van der Waals surface area contributed by atoms with Gasteiger partial charge in [-0.3, -0.25) is 5.32 Å². The predicted molar refractivity (Wildman–Crippen MR) is 70.8 cm³/mol. The van der Waals surface area contributed by atoms with Crippen molar-refractivity contribution in [1.82, 2.24) is 15.1 Å². The molecule has 0 spiro atoms. The number of nitrogens with one attached hydrogen (secondary N) is 1. The second-order valence-electron chi connectivity index (χ2n) is 5.76. The maximum absolute atomic E-state index is 9.28. The van der Waals surface area contributed by atoms with Gasteiger partial charge < -0.3 is 9.80 Å². The molecule has 17 heavy (non-hydrogen) atoms. The smallest absolute Gasteiger partial charge is 0.116 e. The average molecular weight is 238 g/mol. The maximum Gasteiger partial charge on any atom is 0.116 e. The summed E-state index contributed by atoms with van der Waals surface area (Å²) in [7, 11) is 6.28. The molecule has 0 aromatic carbocycles. The molecule has 0 aromatic heterocycles. The Bertz CT molecular complexity index is 267. The first-order valence-corrected chi connectivity index (χ1v) is 6.47. The number of rotatable bonds is 8. The normalized spacial score (nSPS) is 19.4. The summed E-state index contributed by atoms with van der Waals surface area (Å²) in [4.78, 5) is 4.45. The molecule has 0 aliphatic heterocycles. The summed E-state index contributed by atoms with van der Waals surface area (Å²) in [6, 6.07) is 3.00. The first kappa shape index (κ1) is 14.4. The Kier molecular flexibility index (Phi) is 5.38.